The fraction of sp³-hybridized carbons (Fsp3) is 0.865. The van der Waals surface area contributed by atoms with E-state index >= 15 is 0 Å². The number of rotatable bonds is 46. The highest BCUT2D eigenvalue weighted by Crippen LogP contribution is 2.15. The molecule has 0 saturated carbocycles. The predicted molar refractivity (Wildman–Crippen MR) is 247 cm³/mol. The summed E-state index contributed by atoms with van der Waals surface area (Å²) in [4.78, 5) is 37.8. The lowest BCUT2D eigenvalue weighted by atomic mass is 10.1. The molecule has 0 spiro atoms. The normalized spacial score (nSPS) is 12.1. The molecule has 0 aromatic rings. The van der Waals surface area contributed by atoms with Gasteiger partial charge in [0.15, 0.2) is 6.10 Å². The van der Waals surface area contributed by atoms with Crippen LogP contribution in [-0.2, 0) is 28.6 Å². The number of carbonyl (C=O) groups is 3. The average molecular weight is 817 g/mol. The summed E-state index contributed by atoms with van der Waals surface area (Å²) in [6, 6.07) is 0. The second-order valence-electron chi connectivity index (χ2n) is 17.1. The topological polar surface area (TPSA) is 78.9 Å². The maximum Gasteiger partial charge on any atom is 0.306 e. The van der Waals surface area contributed by atoms with Crippen LogP contribution in [0.4, 0.5) is 0 Å². The molecule has 0 rings (SSSR count). The van der Waals surface area contributed by atoms with Crippen molar-refractivity contribution in [3.63, 3.8) is 0 Å². The molecule has 0 aromatic heterocycles. The Bertz CT molecular complexity index is 942. The van der Waals surface area contributed by atoms with E-state index in [0.717, 1.165) is 64.2 Å². The van der Waals surface area contributed by atoms with E-state index in [1.807, 2.05) is 0 Å². The Balaban J connectivity index is 4.29. The van der Waals surface area contributed by atoms with Crippen molar-refractivity contribution in [3.8, 4) is 0 Å². The highest BCUT2D eigenvalue weighted by molar-refractivity contribution is 5.71. The van der Waals surface area contributed by atoms with Crippen LogP contribution in [0.25, 0.3) is 0 Å². The number of hydrogen-bond acceptors (Lipinski definition) is 6. The summed E-state index contributed by atoms with van der Waals surface area (Å²) in [5, 5.41) is 0. The van der Waals surface area contributed by atoms with Gasteiger partial charge in [-0.1, -0.05) is 206 Å². The monoisotopic (exact) mass is 817 g/mol. The molecule has 0 aliphatic carbocycles. The van der Waals surface area contributed by atoms with E-state index in [4.69, 9.17) is 14.2 Å². The Hall–Kier alpha value is -2.11. The van der Waals surface area contributed by atoms with Gasteiger partial charge < -0.3 is 14.2 Å². The summed E-state index contributed by atoms with van der Waals surface area (Å²) < 4.78 is 16.7. The predicted octanol–water partition coefficient (Wildman–Crippen LogP) is 16.4. The Morgan fingerprint density at radius 1 is 0.328 bits per heavy atom. The van der Waals surface area contributed by atoms with Crippen LogP contribution in [0, 0.1) is 0 Å². The first kappa shape index (κ1) is 55.9. The molecule has 0 aromatic carbocycles. The maximum absolute atomic E-state index is 12.7. The van der Waals surface area contributed by atoms with Crippen molar-refractivity contribution in [1.29, 1.82) is 0 Å². The number of esters is 3. The minimum atomic E-state index is -0.771. The summed E-state index contributed by atoms with van der Waals surface area (Å²) >= 11 is 0. The highest BCUT2D eigenvalue weighted by atomic mass is 16.6. The number of ether oxygens (including phenoxy) is 3. The van der Waals surface area contributed by atoms with Gasteiger partial charge in [0.05, 0.1) is 0 Å². The molecule has 0 heterocycles. The minimum absolute atomic E-state index is 0.0730. The summed E-state index contributed by atoms with van der Waals surface area (Å²) in [5.41, 5.74) is 0. The van der Waals surface area contributed by atoms with Crippen LogP contribution < -0.4 is 0 Å². The van der Waals surface area contributed by atoms with E-state index in [1.54, 1.807) is 0 Å². The van der Waals surface area contributed by atoms with E-state index in [9.17, 15) is 14.4 Å². The summed E-state index contributed by atoms with van der Waals surface area (Å²) in [6.07, 6.45) is 53.1. The van der Waals surface area contributed by atoms with Crippen LogP contribution in [0.15, 0.2) is 24.3 Å². The van der Waals surface area contributed by atoms with Crippen molar-refractivity contribution in [2.45, 2.75) is 277 Å². The zero-order valence-electron chi connectivity index (χ0n) is 38.8. The molecule has 58 heavy (non-hydrogen) atoms. The van der Waals surface area contributed by atoms with Gasteiger partial charge in [-0.3, -0.25) is 14.4 Å². The quantitative estimate of drug-likeness (QED) is 0.0263. The third kappa shape index (κ3) is 45.0. The van der Waals surface area contributed by atoms with Crippen molar-refractivity contribution in [3.05, 3.63) is 24.3 Å². The van der Waals surface area contributed by atoms with Crippen LogP contribution in [0.5, 0.6) is 0 Å². The molecule has 6 heteroatoms. The van der Waals surface area contributed by atoms with Crippen molar-refractivity contribution < 1.29 is 28.6 Å². The number of unbranched alkanes of at least 4 members (excludes halogenated alkanes) is 31. The lowest BCUT2D eigenvalue weighted by Gasteiger charge is -2.18. The summed E-state index contributed by atoms with van der Waals surface area (Å²) in [7, 11) is 0. The number of hydrogen-bond donors (Lipinski definition) is 0. The third-order valence-corrected chi connectivity index (χ3v) is 11.2. The molecule has 0 amide bonds. The number of allylic oxidation sites excluding steroid dienone is 4. The second kappa shape index (κ2) is 47.6. The molecule has 0 aliphatic rings. The zero-order valence-corrected chi connectivity index (χ0v) is 38.8. The van der Waals surface area contributed by atoms with E-state index < -0.39 is 6.10 Å². The Morgan fingerprint density at radius 2 is 0.569 bits per heavy atom. The highest BCUT2D eigenvalue weighted by Gasteiger charge is 2.19. The van der Waals surface area contributed by atoms with Crippen molar-refractivity contribution in [1.82, 2.24) is 0 Å². The van der Waals surface area contributed by atoms with Gasteiger partial charge in [-0.2, -0.15) is 0 Å². The van der Waals surface area contributed by atoms with Gasteiger partial charge in [-0.15, -0.1) is 0 Å². The van der Waals surface area contributed by atoms with E-state index in [2.05, 4.69) is 45.1 Å². The fourth-order valence-electron chi connectivity index (χ4n) is 7.31. The lowest BCUT2D eigenvalue weighted by molar-refractivity contribution is -0.167. The summed E-state index contributed by atoms with van der Waals surface area (Å²) in [5.74, 6) is -0.879. The SMILES string of the molecule is CCCCCC/C=C\CCCCCCCC(=O)OC(COC(=O)CCCCCCCCC/C=C\CCCCCCCCC)COC(=O)CCCCCCCCCCC. The Morgan fingerprint density at radius 3 is 0.879 bits per heavy atom. The minimum Gasteiger partial charge on any atom is -0.462 e. The fourth-order valence-corrected chi connectivity index (χ4v) is 7.31. The van der Waals surface area contributed by atoms with E-state index in [0.29, 0.717) is 19.3 Å². The molecular formula is C52H96O6. The molecular weight excluding hydrogens is 721 g/mol. The molecule has 0 saturated heterocycles. The zero-order chi connectivity index (χ0) is 42.3. The number of carbonyl (C=O) groups excluding carboxylic acids is 3. The van der Waals surface area contributed by atoms with Crippen LogP contribution in [-0.4, -0.2) is 37.2 Å². The van der Waals surface area contributed by atoms with Crippen LogP contribution in [0.1, 0.15) is 271 Å². The Labute approximate surface area is 360 Å². The first-order chi connectivity index (χ1) is 28.5. The van der Waals surface area contributed by atoms with Gasteiger partial charge in [0, 0.05) is 19.3 Å². The molecule has 0 fully saturated rings. The molecule has 1 unspecified atom stereocenters. The van der Waals surface area contributed by atoms with Crippen LogP contribution in [0.2, 0.25) is 0 Å². The average Bonchev–Trinajstić information content (AvgIpc) is 3.22. The first-order valence-electron chi connectivity index (χ1n) is 25.3. The molecule has 1 atom stereocenters. The van der Waals surface area contributed by atoms with Crippen molar-refractivity contribution >= 4 is 17.9 Å². The first-order valence-corrected chi connectivity index (χ1v) is 25.3. The van der Waals surface area contributed by atoms with Gasteiger partial charge in [-0.05, 0) is 70.6 Å². The molecule has 0 N–H and O–H groups in total. The maximum atomic E-state index is 12.7. The molecule has 0 radical (unpaired) electrons. The molecule has 0 bridgehead atoms. The van der Waals surface area contributed by atoms with Gasteiger partial charge in [-0.25, -0.2) is 0 Å². The lowest BCUT2D eigenvalue weighted by Crippen LogP contribution is -2.30. The van der Waals surface area contributed by atoms with Gasteiger partial charge in [0.1, 0.15) is 13.2 Å². The molecule has 6 nitrogen and oxygen atoms in total. The smallest absolute Gasteiger partial charge is 0.306 e. The largest absolute Gasteiger partial charge is 0.462 e. The van der Waals surface area contributed by atoms with Gasteiger partial charge in [0.2, 0.25) is 0 Å². The van der Waals surface area contributed by atoms with Crippen LogP contribution >= 0.6 is 0 Å². The van der Waals surface area contributed by atoms with E-state index in [1.165, 1.54) is 167 Å². The van der Waals surface area contributed by atoms with Gasteiger partial charge >= 0.3 is 17.9 Å². The van der Waals surface area contributed by atoms with Gasteiger partial charge in [0.25, 0.3) is 0 Å². The standard InChI is InChI=1S/C52H96O6/c1-4-7-10-13-16-19-21-23-24-25-26-27-29-30-33-36-39-42-45-51(54)57-48-49(47-56-50(53)44-41-38-35-32-18-15-12-9-6-3)58-52(55)46-43-40-37-34-31-28-22-20-17-14-11-8-5-2/h20,22,24-25,49H,4-19,21,23,26-48H2,1-3H3/b22-20-,25-24-. The van der Waals surface area contributed by atoms with E-state index in [-0.39, 0.29) is 31.1 Å². The van der Waals surface area contributed by atoms with Crippen LogP contribution in [0.3, 0.4) is 0 Å². The second-order valence-corrected chi connectivity index (χ2v) is 17.1. The summed E-state index contributed by atoms with van der Waals surface area (Å²) in [6.45, 7) is 6.61. The molecule has 340 valence electrons. The molecule has 0 aliphatic heterocycles. The third-order valence-electron chi connectivity index (χ3n) is 11.2. The Kier molecular flexibility index (Phi) is 45.8. The van der Waals surface area contributed by atoms with Crippen molar-refractivity contribution in [2.24, 2.45) is 0 Å². The van der Waals surface area contributed by atoms with Crippen molar-refractivity contribution in [2.75, 3.05) is 13.2 Å².